The second-order valence-electron chi connectivity index (χ2n) is 5.30. The lowest BCUT2D eigenvalue weighted by molar-refractivity contribution is -0.280. The topological polar surface area (TPSA) is 32.8 Å². The second-order valence-corrected chi connectivity index (χ2v) is 5.30. The number of carbonyl (C=O) groups is 1. The van der Waals surface area contributed by atoms with Crippen molar-refractivity contribution in [1.29, 1.82) is 0 Å². The monoisotopic (exact) mass is 408 g/mol. The molecular formula is C14H9F9N2O2. The van der Waals surface area contributed by atoms with Crippen LogP contribution < -0.4 is 4.90 Å². The Bertz CT molecular complexity index is 726. The first-order valence-electron chi connectivity index (χ1n) is 6.93. The normalized spacial score (nSPS) is 15.4. The van der Waals surface area contributed by atoms with Gasteiger partial charge in [0.15, 0.2) is 6.73 Å². The summed E-state index contributed by atoms with van der Waals surface area (Å²) < 4.78 is 117. The van der Waals surface area contributed by atoms with E-state index in [9.17, 15) is 44.4 Å². The summed E-state index contributed by atoms with van der Waals surface area (Å²) in [5.41, 5.74) is -0.0249. The predicted molar refractivity (Wildman–Crippen MR) is 71.7 cm³/mol. The van der Waals surface area contributed by atoms with Crippen LogP contribution in [-0.4, -0.2) is 36.0 Å². The van der Waals surface area contributed by atoms with Gasteiger partial charge in [0.2, 0.25) is 5.76 Å². The van der Waals surface area contributed by atoms with Crippen LogP contribution in [0.2, 0.25) is 0 Å². The Morgan fingerprint density at radius 2 is 1.59 bits per heavy atom. The van der Waals surface area contributed by atoms with E-state index in [0.717, 1.165) is 29.2 Å². The molecule has 2 rings (SSSR count). The van der Waals surface area contributed by atoms with E-state index in [-0.39, 0.29) is 11.3 Å². The van der Waals surface area contributed by atoms with Gasteiger partial charge in [-0.2, -0.15) is 40.2 Å². The van der Waals surface area contributed by atoms with Crippen molar-refractivity contribution in [1.82, 2.24) is 5.12 Å². The minimum absolute atomic E-state index is 0.148. The summed E-state index contributed by atoms with van der Waals surface area (Å²) in [6, 6.07) is 4.38. The molecule has 0 saturated carbocycles. The minimum atomic E-state index is -6.25. The molecule has 0 spiro atoms. The summed E-state index contributed by atoms with van der Waals surface area (Å²) in [6.07, 6.45) is -10.3. The third-order valence-electron chi connectivity index (χ3n) is 3.35. The zero-order chi connectivity index (χ0) is 20.6. The van der Waals surface area contributed by atoms with Crippen molar-refractivity contribution < 1.29 is 49.1 Å². The molecular weight excluding hydrogens is 399 g/mol. The van der Waals surface area contributed by atoms with E-state index in [1.54, 1.807) is 0 Å². The Morgan fingerprint density at radius 3 is 2.04 bits per heavy atom. The smallest absolute Gasteiger partial charge is 0.463 e. The molecule has 13 heteroatoms. The van der Waals surface area contributed by atoms with Gasteiger partial charge >= 0.3 is 24.2 Å². The minimum Gasteiger partial charge on any atom is -0.466 e. The molecule has 0 bridgehead atoms. The Labute approximate surface area is 145 Å². The van der Waals surface area contributed by atoms with Gasteiger partial charge in [-0.15, -0.1) is 0 Å². The second kappa shape index (κ2) is 6.85. The largest absolute Gasteiger partial charge is 0.466 e. The number of amides is 1. The molecule has 0 atom stereocenters. The SMILES string of the molecule is O=C(N(F)Cc1ccc(N2C=C(C(F)(F)F)OC2)cc1)C(F)(F)C(F)(F)F. The van der Waals surface area contributed by atoms with E-state index in [1.165, 1.54) is 0 Å². The molecule has 1 aliphatic rings. The summed E-state index contributed by atoms with van der Waals surface area (Å²) >= 11 is 0. The molecule has 0 aromatic heterocycles. The lowest BCUT2D eigenvalue weighted by Gasteiger charge is -2.21. The van der Waals surface area contributed by atoms with Crippen LogP contribution in [0, 0.1) is 0 Å². The molecule has 150 valence electrons. The standard InChI is InChI=1S/C14H9F9N2O2/c15-12(16,14(20,21)22)11(26)25(23)5-8-1-3-9(4-2-8)24-6-10(27-7-24)13(17,18)19/h1-4,6H,5,7H2. The van der Waals surface area contributed by atoms with Gasteiger partial charge in [-0.05, 0) is 17.7 Å². The van der Waals surface area contributed by atoms with Crippen LogP contribution in [0.15, 0.2) is 36.2 Å². The molecule has 4 nitrogen and oxygen atoms in total. The average molecular weight is 408 g/mol. The molecule has 27 heavy (non-hydrogen) atoms. The maximum absolute atomic E-state index is 13.4. The third-order valence-corrected chi connectivity index (χ3v) is 3.35. The highest BCUT2D eigenvalue weighted by molar-refractivity contribution is 5.83. The summed E-state index contributed by atoms with van der Waals surface area (Å²) in [5, 5.41) is -1.29. The van der Waals surface area contributed by atoms with Gasteiger partial charge in [0.1, 0.15) is 0 Å². The number of hydrogen-bond acceptors (Lipinski definition) is 3. The third kappa shape index (κ3) is 4.39. The lowest BCUT2D eigenvalue weighted by atomic mass is 10.2. The van der Waals surface area contributed by atoms with E-state index in [2.05, 4.69) is 4.74 Å². The highest BCUT2D eigenvalue weighted by Crippen LogP contribution is 2.37. The van der Waals surface area contributed by atoms with E-state index in [0.29, 0.717) is 6.20 Å². The molecule has 0 unspecified atom stereocenters. The first-order valence-corrected chi connectivity index (χ1v) is 6.93. The van der Waals surface area contributed by atoms with Crippen molar-refractivity contribution in [2.45, 2.75) is 24.8 Å². The van der Waals surface area contributed by atoms with E-state index >= 15 is 0 Å². The summed E-state index contributed by atoms with van der Waals surface area (Å²) in [5.74, 6) is -10.2. The van der Waals surface area contributed by atoms with Crippen molar-refractivity contribution in [3.8, 4) is 0 Å². The highest BCUT2D eigenvalue weighted by Gasteiger charge is 2.65. The number of ether oxygens (including phenoxy) is 1. The molecule has 0 radical (unpaired) electrons. The molecule has 1 heterocycles. The van der Waals surface area contributed by atoms with Crippen LogP contribution in [0.25, 0.3) is 0 Å². The number of halogens is 9. The average Bonchev–Trinajstić information content (AvgIpc) is 3.04. The first kappa shape index (κ1) is 20.7. The number of carbonyl (C=O) groups excluding carboxylic acids is 1. The molecule has 1 aromatic carbocycles. The van der Waals surface area contributed by atoms with Gasteiger partial charge in [0.25, 0.3) is 0 Å². The fraction of sp³-hybridized carbons (Fsp3) is 0.357. The fourth-order valence-corrected chi connectivity index (χ4v) is 1.96. The molecule has 0 N–H and O–H groups in total. The quantitative estimate of drug-likeness (QED) is 0.551. The first-order chi connectivity index (χ1) is 12.2. The Kier molecular flexibility index (Phi) is 5.25. The number of benzene rings is 1. The molecule has 1 aliphatic heterocycles. The van der Waals surface area contributed by atoms with Gasteiger partial charge in [-0.1, -0.05) is 16.6 Å². The van der Waals surface area contributed by atoms with Gasteiger partial charge in [0, 0.05) is 5.69 Å². The summed E-state index contributed by atoms with van der Waals surface area (Å²) in [7, 11) is 0. The van der Waals surface area contributed by atoms with Crippen molar-refractivity contribution in [3.05, 3.63) is 41.8 Å². The van der Waals surface area contributed by atoms with E-state index in [4.69, 9.17) is 0 Å². The Balaban J connectivity index is 2.06. The van der Waals surface area contributed by atoms with Crippen LogP contribution in [0.1, 0.15) is 5.56 Å². The number of anilines is 1. The maximum atomic E-state index is 13.4. The van der Waals surface area contributed by atoms with E-state index < -0.39 is 48.3 Å². The van der Waals surface area contributed by atoms with Crippen molar-refractivity contribution in [2.75, 3.05) is 11.6 Å². The van der Waals surface area contributed by atoms with Crippen LogP contribution in [-0.2, 0) is 16.1 Å². The maximum Gasteiger partial charge on any atom is 0.463 e. The Hall–Kier alpha value is -2.60. The van der Waals surface area contributed by atoms with Crippen molar-refractivity contribution in [2.24, 2.45) is 0 Å². The molecule has 0 aliphatic carbocycles. The van der Waals surface area contributed by atoms with Crippen LogP contribution >= 0.6 is 0 Å². The number of rotatable bonds is 4. The summed E-state index contributed by atoms with van der Waals surface area (Å²) in [6.45, 7) is -1.69. The number of alkyl halides is 8. The highest BCUT2D eigenvalue weighted by atomic mass is 19.4. The van der Waals surface area contributed by atoms with Crippen molar-refractivity contribution >= 4 is 11.6 Å². The van der Waals surface area contributed by atoms with Gasteiger partial charge in [0.05, 0.1) is 12.7 Å². The van der Waals surface area contributed by atoms with E-state index in [1.807, 2.05) is 0 Å². The number of nitrogens with zero attached hydrogens (tertiary/aromatic N) is 2. The summed E-state index contributed by atoms with van der Waals surface area (Å²) in [4.78, 5) is 12.0. The molecule has 1 aromatic rings. The van der Waals surface area contributed by atoms with Gasteiger partial charge in [-0.3, -0.25) is 4.79 Å². The molecule has 0 fully saturated rings. The van der Waals surface area contributed by atoms with Crippen LogP contribution in [0.3, 0.4) is 0 Å². The Morgan fingerprint density at radius 1 is 1.04 bits per heavy atom. The number of hydrogen-bond donors (Lipinski definition) is 0. The zero-order valence-corrected chi connectivity index (χ0v) is 12.9. The molecule has 1 amide bonds. The van der Waals surface area contributed by atoms with Gasteiger partial charge in [-0.25, -0.2) is 0 Å². The van der Waals surface area contributed by atoms with Gasteiger partial charge < -0.3 is 9.64 Å². The van der Waals surface area contributed by atoms with Crippen LogP contribution in [0.4, 0.5) is 45.3 Å². The number of allylic oxidation sites excluding steroid dienone is 1. The predicted octanol–water partition coefficient (Wildman–Crippen LogP) is 4.30. The van der Waals surface area contributed by atoms with Crippen LogP contribution in [0.5, 0.6) is 0 Å². The zero-order valence-electron chi connectivity index (χ0n) is 12.9. The molecule has 0 saturated heterocycles. The van der Waals surface area contributed by atoms with Crippen molar-refractivity contribution in [3.63, 3.8) is 0 Å². The lowest BCUT2D eigenvalue weighted by Crippen LogP contribution is -2.49. The fourth-order valence-electron chi connectivity index (χ4n) is 1.96.